The van der Waals surface area contributed by atoms with Crippen LogP contribution in [-0.2, 0) is 0 Å². The third-order valence-corrected chi connectivity index (χ3v) is 2.50. The lowest BCUT2D eigenvalue weighted by molar-refractivity contribution is 0.171. The minimum atomic E-state index is 0.688. The second-order valence-corrected chi connectivity index (χ2v) is 3.44. The maximum Gasteiger partial charge on any atom is 0.109 e. The van der Waals surface area contributed by atoms with Crippen molar-refractivity contribution in [1.29, 1.82) is 0 Å². The molecule has 0 amide bonds. The van der Waals surface area contributed by atoms with Gasteiger partial charge in [-0.3, -0.25) is 4.99 Å². The van der Waals surface area contributed by atoms with E-state index in [4.69, 9.17) is 0 Å². The van der Waals surface area contributed by atoms with E-state index in [9.17, 15) is 0 Å². The van der Waals surface area contributed by atoms with Crippen molar-refractivity contribution in [2.24, 2.45) is 27.7 Å². The smallest absolute Gasteiger partial charge is 0.109 e. The predicted molar refractivity (Wildman–Crippen MR) is 49.3 cm³/mol. The standard InChI is InChI=1S/C9H16N2/c1-7-4-8(2)9(7)5-11-6-10-3/h5-9H,4H2,1-3H3. The highest BCUT2D eigenvalue weighted by Gasteiger charge is 2.32. The summed E-state index contributed by atoms with van der Waals surface area (Å²) in [5.74, 6) is 2.33. The van der Waals surface area contributed by atoms with Crippen molar-refractivity contribution in [1.82, 2.24) is 0 Å². The van der Waals surface area contributed by atoms with Crippen LogP contribution in [0.25, 0.3) is 0 Å². The molecule has 0 aromatic rings. The predicted octanol–water partition coefficient (Wildman–Crippen LogP) is 2.01. The lowest BCUT2D eigenvalue weighted by Gasteiger charge is -2.38. The summed E-state index contributed by atoms with van der Waals surface area (Å²) in [6, 6.07) is 0. The summed E-state index contributed by atoms with van der Waals surface area (Å²) in [5, 5.41) is 0. The summed E-state index contributed by atoms with van der Waals surface area (Å²) in [7, 11) is 1.74. The average Bonchev–Trinajstić information content (AvgIpc) is 1.98. The molecular weight excluding hydrogens is 136 g/mol. The minimum absolute atomic E-state index is 0.688. The lowest BCUT2D eigenvalue weighted by atomic mass is 9.67. The molecular formula is C9H16N2. The van der Waals surface area contributed by atoms with Gasteiger partial charge in [-0.1, -0.05) is 13.8 Å². The molecule has 11 heavy (non-hydrogen) atoms. The van der Waals surface area contributed by atoms with E-state index in [1.54, 1.807) is 13.4 Å². The van der Waals surface area contributed by atoms with Gasteiger partial charge in [-0.2, -0.15) is 0 Å². The molecule has 0 aromatic heterocycles. The number of hydrogen-bond acceptors (Lipinski definition) is 1. The Hall–Kier alpha value is -0.660. The quantitative estimate of drug-likeness (QED) is 0.427. The second-order valence-electron chi connectivity index (χ2n) is 3.44. The van der Waals surface area contributed by atoms with E-state index in [0.717, 1.165) is 11.8 Å². The molecule has 2 unspecified atom stereocenters. The molecule has 2 heteroatoms. The highest BCUT2D eigenvalue weighted by atomic mass is 14.8. The van der Waals surface area contributed by atoms with E-state index < -0.39 is 0 Å². The first-order valence-electron chi connectivity index (χ1n) is 4.19. The van der Waals surface area contributed by atoms with Crippen molar-refractivity contribution < 1.29 is 0 Å². The average molecular weight is 152 g/mol. The molecule has 0 aliphatic heterocycles. The fraction of sp³-hybridized carbons (Fsp3) is 0.778. The SMILES string of the molecule is CN=CN=CC1C(C)CC1C. The van der Waals surface area contributed by atoms with Crippen molar-refractivity contribution in [3.05, 3.63) is 0 Å². The van der Waals surface area contributed by atoms with Gasteiger partial charge in [0.25, 0.3) is 0 Å². The molecule has 0 bridgehead atoms. The first-order valence-corrected chi connectivity index (χ1v) is 4.19. The van der Waals surface area contributed by atoms with Gasteiger partial charge < -0.3 is 0 Å². The van der Waals surface area contributed by atoms with Crippen LogP contribution in [0.3, 0.4) is 0 Å². The third-order valence-electron chi connectivity index (χ3n) is 2.50. The number of hydrogen-bond donors (Lipinski definition) is 0. The van der Waals surface area contributed by atoms with Gasteiger partial charge in [0.1, 0.15) is 6.34 Å². The van der Waals surface area contributed by atoms with Crippen molar-refractivity contribution in [2.45, 2.75) is 20.3 Å². The third kappa shape index (κ3) is 1.88. The first-order chi connectivity index (χ1) is 5.25. The van der Waals surface area contributed by atoms with E-state index in [0.29, 0.717) is 5.92 Å². The van der Waals surface area contributed by atoms with Crippen LogP contribution in [-0.4, -0.2) is 19.6 Å². The molecule has 1 fully saturated rings. The van der Waals surface area contributed by atoms with Crippen LogP contribution < -0.4 is 0 Å². The van der Waals surface area contributed by atoms with Crippen molar-refractivity contribution in [3.63, 3.8) is 0 Å². The van der Waals surface area contributed by atoms with Crippen molar-refractivity contribution in [2.75, 3.05) is 7.05 Å². The summed E-state index contributed by atoms with van der Waals surface area (Å²) >= 11 is 0. The summed E-state index contributed by atoms with van der Waals surface area (Å²) < 4.78 is 0. The van der Waals surface area contributed by atoms with Gasteiger partial charge in [-0.05, 0) is 24.2 Å². The number of nitrogens with zero attached hydrogens (tertiary/aromatic N) is 2. The number of aliphatic imine (C=N–C) groups is 2. The van der Waals surface area contributed by atoms with Crippen LogP contribution in [0.2, 0.25) is 0 Å². The largest absolute Gasteiger partial charge is 0.277 e. The van der Waals surface area contributed by atoms with Crippen molar-refractivity contribution in [3.8, 4) is 0 Å². The van der Waals surface area contributed by atoms with Gasteiger partial charge in [0.2, 0.25) is 0 Å². The zero-order valence-corrected chi connectivity index (χ0v) is 7.49. The zero-order valence-electron chi connectivity index (χ0n) is 7.49. The van der Waals surface area contributed by atoms with Gasteiger partial charge >= 0.3 is 0 Å². The maximum absolute atomic E-state index is 4.10. The van der Waals surface area contributed by atoms with Crippen LogP contribution in [0.5, 0.6) is 0 Å². The Kier molecular flexibility index (Phi) is 2.80. The maximum atomic E-state index is 4.10. The number of rotatable bonds is 2. The van der Waals surface area contributed by atoms with Crippen LogP contribution in [0, 0.1) is 17.8 Å². The van der Waals surface area contributed by atoms with Crippen LogP contribution in [0.4, 0.5) is 0 Å². The van der Waals surface area contributed by atoms with E-state index in [1.807, 2.05) is 6.21 Å². The van der Waals surface area contributed by atoms with Crippen LogP contribution in [0.15, 0.2) is 9.98 Å². The van der Waals surface area contributed by atoms with Crippen LogP contribution >= 0.6 is 0 Å². The van der Waals surface area contributed by atoms with E-state index in [1.165, 1.54) is 6.42 Å². The molecule has 1 aliphatic rings. The summed E-state index contributed by atoms with van der Waals surface area (Å²) in [5.41, 5.74) is 0. The minimum Gasteiger partial charge on any atom is -0.277 e. The molecule has 1 saturated carbocycles. The van der Waals surface area contributed by atoms with E-state index >= 15 is 0 Å². The Labute approximate surface area is 68.4 Å². The summed E-state index contributed by atoms with van der Waals surface area (Å²) in [4.78, 5) is 7.89. The zero-order chi connectivity index (χ0) is 8.27. The molecule has 0 spiro atoms. The molecule has 1 rings (SSSR count). The summed E-state index contributed by atoms with van der Waals surface area (Å²) in [6.45, 7) is 4.56. The van der Waals surface area contributed by atoms with E-state index in [-0.39, 0.29) is 0 Å². The molecule has 0 heterocycles. The molecule has 0 saturated heterocycles. The fourth-order valence-corrected chi connectivity index (χ4v) is 1.76. The second kappa shape index (κ2) is 3.65. The Bertz CT molecular complexity index is 164. The molecule has 62 valence electrons. The van der Waals surface area contributed by atoms with Gasteiger partial charge in [-0.15, -0.1) is 0 Å². The lowest BCUT2D eigenvalue weighted by Crippen LogP contribution is -2.33. The van der Waals surface area contributed by atoms with Crippen LogP contribution in [0.1, 0.15) is 20.3 Å². The highest BCUT2D eigenvalue weighted by molar-refractivity contribution is 5.74. The molecule has 1 aliphatic carbocycles. The van der Waals surface area contributed by atoms with Gasteiger partial charge in [0.15, 0.2) is 0 Å². The Balaban J connectivity index is 2.36. The van der Waals surface area contributed by atoms with E-state index in [2.05, 4.69) is 23.8 Å². The molecule has 2 atom stereocenters. The highest BCUT2D eigenvalue weighted by Crippen LogP contribution is 2.38. The topological polar surface area (TPSA) is 24.7 Å². The fourth-order valence-electron chi connectivity index (χ4n) is 1.76. The molecule has 0 aromatic carbocycles. The van der Waals surface area contributed by atoms with Gasteiger partial charge in [0, 0.05) is 13.3 Å². The summed E-state index contributed by atoms with van der Waals surface area (Å²) in [6.07, 6.45) is 4.99. The Morgan fingerprint density at radius 2 is 1.91 bits per heavy atom. The molecule has 2 nitrogen and oxygen atoms in total. The van der Waals surface area contributed by atoms with Gasteiger partial charge in [0.05, 0.1) is 0 Å². The van der Waals surface area contributed by atoms with Gasteiger partial charge in [-0.25, -0.2) is 4.99 Å². The van der Waals surface area contributed by atoms with Crippen molar-refractivity contribution >= 4 is 12.6 Å². The first kappa shape index (κ1) is 8.44. The molecule has 0 N–H and O–H groups in total. The molecule has 0 radical (unpaired) electrons. The monoisotopic (exact) mass is 152 g/mol. The Morgan fingerprint density at radius 1 is 1.27 bits per heavy atom. The normalized spacial score (nSPS) is 38.3. The Morgan fingerprint density at radius 3 is 2.36 bits per heavy atom.